The summed E-state index contributed by atoms with van der Waals surface area (Å²) in [5.41, 5.74) is 2.37. The first-order valence-corrected chi connectivity index (χ1v) is 7.76. The van der Waals surface area contributed by atoms with Crippen LogP contribution in [0.4, 0.5) is 0 Å². The number of hydrogen-bond donors (Lipinski definition) is 0. The molecule has 0 N–H and O–H groups in total. The number of furan rings is 1. The summed E-state index contributed by atoms with van der Waals surface area (Å²) in [6.45, 7) is 1.20. The largest absolute Gasteiger partial charge is 0.465 e. The van der Waals surface area contributed by atoms with Crippen molar-refractivity contribution in [2.45, 2.75) is 32.2 Å². The second-order valence-corrected chi connectivity index (χ2v) is 5.45. The zero-order valence-electron chi connectivity index (χ0n) is 13.1. The van der Waals surface area contributed by atoms with Crippen molar-refractivity contribution in [3.05, 3.63) is 47.7 Å². The Kier molecular flexibility index (Phi) is 5.10. The highest BCUT2D eigenvalue weighted by Gasteiger charge is 2.16. The number of esters is 1. The van der Waals surface area contributed by atoms with Crippen LogP contribution in [0, 0.1) is 0 Å². The second kappa shape index (κ2) is 7.44. The fraction of sp³-hybridized carbons (Fsp3) is 0.389. The van der Waals surface area contributed by atoms with Crippen molar-refractivity contribution in [3.8, 4) is 11.3 Å². The molecule has 3 rings (SSSR count). The van der Waals surface area contributed by atoms with E-state index < -0.39 is 0 Å². The third-order valence-corrected chi connectivity index (χ3v) is 3.88. The molecule has 0 amide bonds. The van der Waals surface area contributed by atoms with Crippen LogP contribution in [0.25, 0.3) is 11.3 Å². The van der Waals surface area contributed by atoms with E-state index >= 15 is 0 Å². The molecule has 23 heavy (non-hydrogen) atoms. The van der Waals surface area contributed by atoms with Gasteiger partial charge in [0.05, 0.1) is 25.5 Å². The first kappa shape index (κ1) is 15.8. The van der Waals surface area contributed by atoms with Gasteiger partial charge in [-0.05, 0) is 37.5 Å². The summed E-state index contributed by atoms with van der Waals surface area (Å²) in [6, 6.07) is 9.01. The van der Waals surface area contributed by atoms with Gasteiger partial charge >= 0.3 is 5.97 Å². The van der Waals surface area contributed by atoms with E-state index in [2.05, 4.69) is 0 Å². The highest BCUT2D eigenvalue weighted by molar-refractivity contribution is 5.89. The van der Waals surface area contributed by atoms with Crippen LogP contribution in [-0.4, -0.2) is 26.0 Å². The molecule has 0 spiro atoms. The molecule has 1 aliphatic heterocycles. The Bertz CT molecular complexity index is 638. The Morgan fingerprint density at radius 2 is 2.04 bits per heavy atom. The molecule has 0 aliphatic carbocycles. The van der Waals surface area contributed by atoms with E-state index in [-0.39, 0.29) is 12.3 Å². The number of ether oxygens (including phenoxy) is 3. The number of methoxy groups -OCH3 is 1. The lowest BCUT2D eigenvalue weighted by atomic mass is 10.1. The van der Waals surface area contributed by atoms with Gasteiger partial charge in [0.25, 0.3) is 0 Å². The van der Waals surface area contributed by atoms with Gasteiger partial charge in [-0.1, -0.05) is 12.1 Å². The number of benzene rings is 1. The Labute approximate surface area is 135 Å². The van der Waals surface area contributed by atoms with Crippen molar-refractivity contribution in [1.82, 2.24) is 0 Å². The molecule has 0 saturated carbocycles. The summed E-state index contributed by atoms with van der Waals surface area (Å²) in [6.07, 6.45) is 4.68. The molecular formula is C18H20O5. The third-order valence-electron chi connectivity index (χ3n) is 3.88. The Morgan fingerprint density at radius 1 is 1.22 bits per heavy atom. The molecule has 1 aromatic carbocycles. The first-order valence-electron chi connectivity index (χ1n) is 7.76. The Hall–Kier alpha value is -2.11. The lowest BCUT2D eigenvalue weighted by Gasteiger charge is -2.22. The van der Waals surface area contributed by atoms with E-state index in [1.54, 1.807) is 18.4 Å². The van der Waals surface area contributed by atoms with Gasteiger partial charge < -0.3 is 18.6 Å². The molecule has 1 unspecified atom stereocenters. The van der Waals surface area contributed by atoms with Gasteiger partial charge in [-0.25, -0.2) is 4.79 Å². The van der Waals surface area contributed by atoms with Gasteiger partial charge in [-0.15, -0.1) is 0 Å². The zero-order chi connectivity index (χ0) is 16.1. The first-order chi connectivity index (χ1) is 11.3. The molecule has 1 fully saturated rings. The van der Waals surface area contributed by atoms with E-state index in [9.17, 15) is 4.79 Å². The molecule has 1 saturated heterocycles. The summed E-state index contributed by atoms with van der Waals surface area (Å²) in [4.78, 5) is 11.5. The lowest BCUT2D eigenvalue weighted by Crippen LogP contribution is -2.22. The molecule has 0 bridgehead atoms. The van der Waals surface area contributed by atoms with Crippen LogP contribution in [0.1, 0.15) is 35.2 Å². The third kappa shape index (κ3) is 3.81. The van der Waals surface area contributed by atoms with E-state index in [4.69, 9.17) is 18.6 Å². The maximum absolute atomic E-state index is 11.5. The van der Waals surface area contributed by atoms with Gasteiger partial charge in [-0.3, -0.25) is 0 Å². The number of hydrogen-bond acceptors (Lipinski definition) is 5. The predicted octanol–water partition coefficient (Wildman–Crippen LogP) is 3.78. The van der Waals surface area contributed by atoms with Crippen LogP contribution in [0.15, 0.2) is 41.0 Å². The maximum atomic E-state index is 11.5. The standard InChI is InChI=1S/C18H20O5/c1-20-18(19)14-7-5-13(6-8-14)17-15(9-11-22-17)12-23-16-4-2-3-10-21-16/h5-9,11,16H,2-4,10,12H2,1H3. The van der Waals surface area contributed by atoms with Gasteiger partial charge in [0, 0.05) is 17.7 Å². The lowest BCUT2D eigenvalue weighted by molar-refractivity contribution is -0.168. The van der Waals surface area contributed by atoms with Crippen LogP contribution in [0.3, 0.4) is 0 Å². The average Bonchev–Trinajstić information content (AvgIpc) is 3.09. The van der Waals surface area contributed by atoms with Crippen LogP contribution < -0.4 is 0 Å². The smallest absolute Gasteiger partial charge is 0.337 e. The highest BCUT2D eigenvalue weighted by Crippen LogP contribution is 2.27. The van der Waals surface area contributed by atoms with Crippen molar-refractivity contribution >= 4 is 5.97 Å². The summed E-state index contributed by atoms with van der Waals surface area (Å²) in [5, 5.41) is 0. The number of rotatable bonds is 5. The van der Waals surface area contributed by atoms with Crippen LogP contribution >= 0.6 is 0 Å². The van der Waals surface area contributed by atoms with Crippen LogP contribution in [0.2, 0.25) is 0 Å². The Balaban J connectivity index is 1.68. The minimum atomic E-state index is -0.353. The molecule has 122 valence electrons. The van der Waals surface area contributed by atoms with Gasteiger partial charge in [0.2, 0.25) is 0 Å². The maximum Gasteiger partial charge on any atom is 0.337 e. The second-order valence-electron chi connectivity index (χ2n) is 5.45. The highest BCUT2D eigenvalue weighted by atomic mass is 16.7. The van der Waals surface area contributed by atoms with Crippen molar-refractivity contribution in [3.63, 3.8) is 0 Å². The minimum Gasteiger partial charge on any atom is -0.465 e. The summed E-state index contributed by atoms with van der Waals surface area (Å²) in [7, 11) is 1.37. The SMILES string of the molecule is COC(=O)c1ccc(-c2occc2COC2CCCCO2)cc1. The molecular weight excluding hydrogens is 296 g/mol. The molecule has 5 nitrogen and oxygen atoms in total. The molecule has 1 aromatic heterocycles. The van der Waals surface area contributed by atoms with E-state index in [0.29, 0.717) is 12.2 Å². The summed E-state index contributed by atoms with van der Waals surface area (Å²) >= 11 is 0. The van der Waals surface area contributed by atoms with E-state index in [1.165, 1.54) is 7.11 Å². The Morgan fingerprint density at radius 3 is 2.74 bits per heavy atom. The number of carbonyl (C=O) groups excluding carboxylic acids is 1. The summed E-state index contributed by atoms with van der Waals surface area (Å²) < 4.78 is 21.7. The predicted molar refractivity (Wildman–Crippen MR) is 83.9 cm³/mol. The van der Waals surface area contributed by atoms with Crippen LogP contribution in [0.5, 0.6) is 0 Å². The van der Waals surface area contributed by atoms with Gasteiger partial charge in [0.15, 0.2) is 6.29 Å². The van der Waals surface area contributed by atoms with Crippen molar-refractivity contribution in [1.29, 1.82) is 0 Å². The van der Waals surface area contributed by atoms with Crippen molar-refractivity contribution in [2.75, 3.05) is 13.7 Å². The quantitative estimate of drug-likeness (QED) is 0.786. The molecule has 2 aromatic rings. The topological polar surface area (TPSA) is 57.9 Å². The normalized spacial score (nSPS) is 17.9. The molecule has 0 radical (unpaired) electrons. The molecule has 5 heteroatoms. The number of carbonyl (C=O) groups is 1. The fourth-order valence-electron chi connectivity index (χ4n) is 2.60. The van der Waals surface area contributed by atoms with Crippen molar-refractivity contribution in [2.24, 2.45) is 0 Å². The van der Waals surface area contributed by atoms with Gasteiger partial charge in [-0.2, -0.15) is 0 Å². The van der Waals surface area contributed by atoms with Crippen LogP contribution in [-0.2, 0) is 20.8 Å². The minimum absolute atomic E-state index is 0.131. The van der Waals surface area contributed by atoms with E-state index in [1.807, 2.05) is 18.2 Å². The zero-order valence-corrected chi connectivity index (χ0v) is 13.1. The molecule has 1 atom stereocenters. The fourth-order valence-corrected chi connectivity index (χ4v) is 2.60. The monoisotopic (exact) mass is 316 g/mol. The summed E-state index contributed by atoms with van der Waals surface area (Å²) in [5.74, 6) is 0.395. The molecule has 1 aliphatic rings. The van der Waals surface area contributed by atoms with Crippen molar-refractivity contribution < 1.29 is 23.4 Å². The van der Waals surface area contributed by atoms with E-state index in [0.717, 1.165) is 42.8 Å². The average molecular weight is 316 g/mol. The van der Waals surface area contributed by atoms with Gasteiger partial charge in [0.1, 0.15) is 5.76 Å². The molecule has 2 heterocycles.